The van der Waals surface area contributed by atoms with Crippen molar-refractivity contribution in [3.63, 3.8) is 0 Å². The van der Waals surface area contributed by atoms with Crippen LogP contribution in [0, 0.1) is 11.7 Å². The summed E-state index contributed by atoms with van der Waals surface area (Å²) in [6.07, 6.45) is 5.83. The lowest BCUT2D eigenvalue weighted by atomic mass is 10.0. The van der Waals surface area contributed by atoms with Gasteiger partial charge in [0.25, 0.3) is 0 Å². The Kier molecular flexibility index (Phi) is 5.14. The first kappa shape index (κ1) is 15.3. The lowest BCUT2D eigenvalue weighted by molar-refractivity contribution is 0.0693. The van der Waals surface area contributed by atoms with E-state index in [-0.39, 0.29) is 5.69 Å². The molecule has 21 heavy (non-hydrogen) atoms. The molecule has 0 atom stereocenters. The molecule has 1 aliphatic carbocycles. The predicted octanol–water partition coefficient (Wildman–Crippen LogP) is 3.23. The zero-order chi connectivity index (χ0) is 15.2. The average Bonchev–Trinajstić information content (AvgIpc) is 2.91. The highest BCUT2D eigenvalue weighted by Crippen LogP contribution is 2.26. The molecule has 2 amide bonds. The van der Waals surface area contributed by atoms with E-state index in [1.165, 1.54) is 37.8 Å². The van der Waals surface area contributed by atoms with Gasteiger partial charge in [0.1, 0.15) is 11.4 Å². The van der Waals surface area contributed by atoms with Crippen molar-refractivity contribution in [3.8, 4) is 0 Å². The van der Waals surface area contributed by atoms with Crippen molar-refractivity contribution < 1.29 is 19.1 Å². The first-order chi connectivity index (χ1) is 10.1. The SMILES string of the molecule is O=C(NCCC1CCCC1)Nc1cccc(F)c1C(=O)O. The van der Waals surface area contributed by atoms with Gasteiger partial charge in [-0.1, -0.05) is 31.7 Å². The maximum absolute atomic E-state index is 13.5. The number of rotatable bonds is 5. The van der Waals surface area contributed by atoms with Gasteiger partial charge in [-0.2, -0.15) is 0 Å². The predicted molar refractivity (Wildman–Crippen MR) is 77.0 cm³/mol. The van der Waals surface area contributed by atoms with E-state index >= 15 is 0 Å². The molecule has 5 nitrogen and oxygen atoms in total. The van der Waals surface area contributed by atoms with E-state index in [9.17, 15) is 14.0 Å². The number of carboxylic acids is 1. The molecule has 0 radical (unpaired) electrons. The minimum absolute atomic E-state index is 0.0409. The summed E-state index contributed by atoms with van der Waals surface area (Å²) in [6, 6.07) is 3.26. The normalized spacial score (nSPS) is 14.9. The number of carbonyl (C=O) groups is 2. The van der Waals surface area contributed by atoms with E-state index in [2.05, 4.69) is 10.6 Å². The van der Waals surface area contributed by atoms with Crippen LogP contribution < -0.4 is 10.6 Å². The fraction of sp³-hybridized carbons (Fsp3) is 0.467. The summed E-state index contributed by atoms with van der Waals surface area (Å²) in [4.78, 5) is 22.7. The smallest absolute Gasteiger partial charge is 0.340 e. The van der Waals surface area contributed by atoms with Crippen molar-refractivity contribution in [2.24, 2.45) is 5.92 Å². The molecule has 1 aromatic rings. The summed E-state index contributed by atoms with van der Waals surface area (Å²) in [5.74, 6) is -1.62. The van der Waals surface area contributed by atoms with E-state index in [1.807, 2.05) is 0 Å². The van der Waals surface area contributed by atoms with Gasteiger partial charge in [0, 0.05) is 6.54 Å². The van der Waals surface area contributed by atoms with Crippen molar-refractivity contribution in [3.05, 3.63) is 29.6 Å². The summed E-state index contributed by atoms with van der Waals surface area (Å²) in [5, 5.41) is 14.0. The highest BCUT2D eigenvalue weighted by atomic mass is 19.1. The van der Waals surface area contributed by atoms with Gasteiger partial charge in [-0.05, 0) is 24.5 Å². The second kappa shape index (κ2) is 7.06. The van der Waals surface area contributed by atoms with E-state index in [0.717, 1.165) is 12.5 Å². The molecule has 114 valence electrons. The molecule has 3 N–H and O–H groups in total. The van der Waals surface area contributed by atoms with Crippen molar-refractivity contribution in [2.45, 2.75) is 32.1 Å². The molecule has 1 saturated carbocycles. The zero-order valence-electron chi connectivity index (χ0n) is 11.7. The van der Waals surface area contributed by atoms with Gasteiger partial charge in [-0.15, -0.1) is 0 Å². The molecule has 0 bridgehead atoms. The maximum Gasteiger partial charge on any atom is 0.340 e. The van der Waals surface area contributed by atoms with Gasteiger partial charge in [-0.3, -0.25) is 0 Å². The molecule has 1 fully saturated rings. The molecule has 0 heterocycles. The molecule has 1 aromatic carbocycles. The number of hydrogen-bond donors (Lipinski definition) is 3. The maximum atomic E-state index is 13.5. The number of urea groups is 1. The number of carboxylic acid groups (broad SMARTS) is 1. The molecule has 0 unspecified atom stereocenters. The molecule has 0 aliphatic heterocycles. The number of benzene rings is 1. The van der Waals surface area contributed by atoms with Crippen LogP contribution in [0.15, 0.2) is 18.2 Å². The largest absolute Gasteiger partial charge is 0.478 e. The van der Waals surface area contributed by atoms with E-state index in [4.69, 9.17) is 5.11 Å². The van der Waals surface area contributed by atoms with Gasteiger partial charge in [0.05, 0.1) is 5.69 Å². The second-order valence-corrected chi connectivity index (χ2v) is 5.29. The van der Waals surface area contributed by atoms with Gasteiger partial charge >= 0.3 is 12.0 Å². The Morgan fingerprint density at radius 2 is 2.00 bits per heavy atom. The van der Waals surface area contributed by atoms with Crippen LogP contribution in [0.5, 0.6) is 0 Å². The second-order valence-electron chi connectivity index (χ2n) is 5.29. The van der Waals surface area contributed by atoms with Crippen molar-refractivity contribution in [1.29, 1.82) is 0 Å². The summed E-state index contributed by atoms with van der Waals surface area (Å²) in [7, 11) is 0. The Hall–Kier alpha value is -2.11. The highest BCUT2D eigenvalue weighted by molar-refractivity contribution is 6.00. The fourth-order valence-electron chi connectivity index (χ4n) is 2.70. The minimum Gasteiger partial charge on any atom is -0.478 e. The lowest BCUT2D eigenvalue weighted by Gasteiger charge is -2.12. The third-order valence-electron chi connectivity index (χ3n) is 3.79. The summed E-state index contributed by atoms with van der Waals surface area (Å²) in [5.41, 5.74) is -0.565. The first-order valence-electron chi connectivity index (χ1n) is 7.14. The standard InChI is InChI=1S/C15H19FN2O3/c16-11-6-3-7-12(13(11)14(19)20)18-15(21)17-9-8-10-4-1-2-5-10/h3,6-7,10H,1-2,4-5,8-9H2,(H,19,20)(H2,17,18,21). The minimum atomic E-state index is -1.41. The number of carbonyl (C=O) groups excluding carboxylic acids is 1. The van der Waals surface area contributed by atoms with Crippen LogP contribution in [-0.2, 0) is 0 Å². The summed E-state index contributed by atoms with van der Waals surface area (Å²) >= 11 is 0. The van der Waals surface area contributed by atoms with Gasteiger partial charge in [-0.25, -0.2) is 14.0 Å². The van der Waals surface area contributed by atoms with Crippen LogP contribution in [0.4, 0.5) is 14.9 Å². The molecule has 6 heteroatoms. The quantitative estimate of drug-likeness (QED) is 0.780. The van der Waals surface area contributed by atoms with Gasteiger partial charge in [0.2, 0.25) is 0 Å². The highest BCUT2D eigenvalue weighted by Gasteiger charge is 2.18. The van der Waals surface area contributed by atoms with Crippen LogP contribution in [-0.4, -0.2) is 23.7 Å². The summed E-state index contributed by atoms with van der Waals surface area (Å²) in [6.45, 7) is 0.536. The topological polar surface area (TPSA) is 78.4 Å². The van der Waals surface area contributed by atoms with Crippen LogP contribution in [0.2, 0.25) is 0 Å². The Labute approximate surface area is 122 Å². The van der Waals surface area contributed by atoms with Crippen molar-refractivity contribution >= 4 is 17.7 Å². The van der Waals surface area contributed by atoms with Crippen LogP contribution in [0.3, 0.4) is 0 Å². The van der Waals surface area contributed by atoms with Gasteiger partial charge in [0.15, 0.2) is 0 Å². The Balaban J connectivity index is 1.87. The lowest BCUT2D eigenvalue weighted by Crippen LogP contribution is -2.31. The molecule has 0 saturated heterocycles. The molecular weight excluding hydrogens is 275 g/mol. The first-order valence-corrected chi connectivity index (χ1v) is 7.14. The molecule has 1 aliphatic rings. The number of hydrogen-bond acceptors (Lipinski definition) is 2. The monoisotopic (exact) mass is 294 g/mol. The zero-order valence-corrected chi connectivity index (χ0v) is 11.7. The third kappa shape index (κ3) is 4.18. The van der Waals surface area contributed by atoms with Gasteiger partial charge < -0.3 is 15.7 Å². The van der Waals surface area contributed by atoms with E-state index in [0.29, 0.717) is 12.5 Å². The molecule has 2 rings (SSSR count). The van der Waals surface area contributed by atoms with E-state index in [1.54, 1.807) is 0 Å². The summed E-state index contributed by atoms with van der Waals surface area (Å²) < 4.78 is 13.5. The molecule has 0 aromatic heterocycles. The fourth-order valence-corrected chi connectivity index (χ4v) is 2.70. The van der Waals surface area contributed by atoms with Crippen molar-refractivity contribution in [1.82, 2.24) is 5.32 Å². The Morgan fingerprint density at radius 1 is 1.29 bits per heavy atom. The number of nitrogens with one attached hydrogen (secondary N) is 2. The Bertz CT molecular complexity index is 528. The number of halogens is 1. The number of aromatic carboxylic acids is 1. The van der Waals surface area contributed by atoms with Crippen molar-refractivity contribution in [2.75, 3.05) is 11.9 Å². The Morgan fingerprint density at radius 3 is 2.67 bits per heavy atom. The third-order valence-corrected chi connectivity index (χ3v) is 3.79. The molecular formula is C15H19FN2O3. The van der Waals surface area contributed by atoms with Crippen LogP contribution in [0.1, 0.15) is 42.5 Å². The number of anilines is 1. The van der Waals surface area contributed by atoms with Crippen LogP contribution in [0.25, 0.3) is 0 Å². The van der Waals surface area contributed by atoms with E-state index < -0.39 is 23.4 Å². The molecule has 0 spiro atoms. The average molecular weight is 294 g/mol. The van der Waals surface area contributed by atoms with Crippen LogP contribution >= 0.6 is 0 Å². The number of amides is 2.